The third-order valence-corrected chi connectivity index (χ3v) is 2.76. The normalized spacial score (nSPS) is 10.1. The lowest BCUT2D eigenvalue weighted by Gasteiger charge is -2.02. The van der Waals surface area contributed by atoms with Crippen LogP contribution in [0.5, 0.6) is 5.75 Å². The number of benzene rings is 1. The molecule has 0 N–H and O–H groups in total. The van der Waals surface area contributed by atoms with E-state index in [1.54, 1.807) is 12.1 Å². The van der Waals surface area contributed by atoms with Gasteiger partial charge in [0.15, 0.2) is 6.29 Å². The van der Waals surface area contributed by atoms with Crippen LogP contribution in [0, 0.1) is 5.82 Å². The Labute approximate surface area is 95.5 Å². The molecule has 0 radical (unpaired) electrons. The Morgan fingerprint density at radius 1 is 1.38 bits per heavy atom. The molecule has 0 unspecified atom stereocenters. The van der Waals surface area contributed by atoms with E-state index in [9.17, 15) is 9.18 Å². The van der Waals surface area contributed by atoms with Gasteiger partial charge in [0.25, 0.3) is 0 Å². The molecular weight excluding hydrogens is 229 g/mol. The highest BCUT2D eigenvalue weighted by atomic mass is 32.1. The lowest BCUT2D eigenvalue weighted by Crippen LogP contribution is -1.94. The summed E-state index contributed by atoms with van der Waals surface area (Å²) in [5, 5.41) is 0.714. The minimum Gasteiger partial charge on any atom is -0.486 e. The minimum absolute atomic E-state index is 0.282. The molecule has 0 spiro atoms. The minimum atomic E-state index is -0.301. The molecule has 2 aromatic rings. The fourth-order valence-electron chi connectivity index (χ4n) is 1.12. The molecule has 2 rings (SSSR count). The molecule has 0 amide bonds. The van der Waals surface area contributed by atoms with Gasteiger partial charge in [-0.3, -0.25) is 4.79 Å². The lowest BCUT2D eigenvalue weighted by atomic mass is 10.3. The average molecular weight is 237 g/mol. The van der Waals surface area contributed by atoms with Crippen LogP contribution in [0.15, 0.2) is 30.5 Å². The van der Waals surface area contributed by atoms with Gasteiger partial charge in [0.1, 0.15) is 23.2 Å². The molecule has 1 heterocycles. The second-order valence-electron chi connectivity index (χ2n) is 3.02. The van der Waals surface area contributed by atoms with E-state index in [0.29, 0.717) is 15.6 Å². The first kappa shape index (κ1) is 10.8. The number of carbonyl (C=O) groups excluding carboxylic acids is 1. The van der Waals surface area contributed by atoms with Crippen LogP contribution in [-0.4, -0.2) is 11.3 Å². The van der Waals surface area contributed by atoms with Crippen LogP contribution in [0.3, 0.4) is 0 Å². The number of hydrogen-bond donors (Lipinski definition) is 0. The van der Waals surface area contributed by atoms with Gasteiger partial charge in [-0.25, -0.2) is 9.37 Å². The van der Waals surface area contributed by atoms with E-state index < -0.39 is 0 Å². The molecule has 1 aromatic carbocycles. The smallest absolute Gasteiger partial charge is 0.161 e. The first-order valence-electron chi connectivity index (χ1n) is 4.56. The van der Waals surface area contributed by atoms with Crippen molar-refractivity contribution in [3.63, 3.8) is 0 Å². The summed E-state index contributed by atoms with van der Waals surface area (Å²) in [5.41, 5.74) is 0. The van der Waals surface area contributed by atoms with Crippen molar-refractivity contribution >= 4 is 17.6 Å². The second-order valence-corrected chi connectivity index (χ2v) is 4.16. The topological polar surface area (TPSA) is 39.2 Å². The van der Waals surface area contributed by atoms with Gasteiger partial charge in [0.2, 0.25) is 0 Å². The van der Waals surface area contributed by atoms with Crippen molar-refractivity contribution in [2.24, 2.45) is 0 Å². The van der Waals surface area contributed by atoms with Crippen molar-refractivity contribution in [1.29, 1.82) is 0 Å². The summed E-state index contributed by atoms with van der Waals surface area (Å²) in [4.78, 5) is 15.0. The number of ether oxygens (including phenoxy) is 1. The van der Waals surface area contributed by atoms with E-state index in [2.05, 4.69) is 4.98 Å². The Morgan fingerprint density at radius 2 is 2.12 bits per heavy atom. The summed E-state index contributed by atoms with van der Waals surface area (Å²) >= 11 is 1.28. The van der Waals surface area contributed by atoms with E-state index in [1.165, 1.54) is 29.7 Å². The van der Waals surface area contributed by atoms with E-state index >= 15 is 0 Å². The Kier molecular flexibility index (Phi) is 3.26. The zero-order valence-electron chi connectivity index (χ0n) is 8.22. The van der Waals surface area contributed by atoms with Crippen LogP contribution in [0.1, 0.15) is 14.7 Å². The van der Waals surface area contributed by atoms with Gasteiger partial charge in [-0.15, -0.1) is 11.3 Å². The number of thiazole rings is 1. The molecule has 0 fully saturated rings. The maximum Gasteiger partial charge on any atom is 0.161 e. The Bertz CT molecular complexity index is 481. The summed E-state index contributed by atoms with van der Waals surface area (Å²) in [7, 11) is 0. The predicted molar refractivity (Wildman–Crippen MR) is 58.2 cm³/mol. The average Bonchev–Trinajstić information content (AvgIpc) is 2.76. The number of aromatic nitrogens is 1. The molecule has 0 atom stereocenters. The number of aldehydes is 1. The van der Waals surface area contributed by atoms with Gasteiger partial charge in [-0.05, 0) is 24.3 Å². The van der Waals surface area contributed by atoms with E-state index in [-0.39, 0.29) is 12.4 Å². The Hall–Kier alpha value is -1.75. The van der Waals surface area contributed by atoms with Crippen LogP contribution >= 0.6 is 11.3 Å². The van der Waals surface area contributed by atoms with Crippen LogP contribution in [-0.2, 0) is 6.61 Å². The van der Waals surface area contributed by atoms with Gasteiger partial charge in [0, 0.05) is 6.20 Å². The lowest BCUT2D eigenvalue weighted by molar-refractivity contribution is 0.112. The van der Waals surface area contributed by atoms with Crippen molar-refractivity contribution in [3.05, 3.63) is 46.2 Å². The Balaban J connectivity index is 1.96. The molecule has 0 aliphatic heterocycles. The van der Waals surface area contributed by atoms with Crippen molar-refractivity contribution in [1.82, 2.24) is 4.98 Å². The molecule has 0 saturated carbocycles. The van der Waals surface area contributed by atoms with Crippen molar-refractivity contribution in [2.45, 2.75) is 6.61 Å². The highest BCUT2D eigenvalue weighted by Crippen LogP contribution is 2.16. The summed E-state index contributed by atoms with van der Waals surface area (Å²) in [6, 6.07) is 5.75. The number of halogens is 1. The van der Waals surface area contributed by atoms with Gasteiger partial charge in [0.05, 0.1) is 4.88 Å². The molecular formula is C11H8FNO2S. The first-order valence-corrected chi connectivity index (χ1v) is 5.38. The van der Waals surface area contributed by atoms with Crippen LogP contribution in [0.25, 0.3) is 0 Å². The summed E-state index contributed by atoms with van der Waals surface area (Å²) in [5.74, 6) is 0.272. The van der Waals surface area contributed by atoms with Gasteiger partial charge in [-0.2, -0.15) is 0 Å². The van der Waals surface area contributed by atoms with E-state index in [1.807, 2.05) is 0 Å². The number of rotatable bonds is 4. The SMILES string of the molecule is O=Cc1cnc(COc2ccc(F)cc2)s1. The van der Waals surface area contributed by atoms with Gasteiger partial charge >= 0.3 is 0 Å². The number of carbonyl (C=O) groups is 1. The van der Waals surface area contributed by atoms with Crippen LogP contribution in [0.2, 0.25) is 0 Å². The standard InChI is InChI=1S/C11H8FNO2S/c12-8-1-3-9(4-2-8)15-7-11-13-5-10(6-14)16-11/h1-6H,7H2. The molecule has 82 valence electrons. The van der Waals surface area contributed by atoms with Crippen molar-refractivity contribution in [2.75, 3.05) is 0 Å². The van der Waals surface area contributed by atoms with Gasteiger partial charge < -0.3 is 4.74 Å². The highest BCUT2D eigenvalue weighted by molar-refractivity contribution is 7.13. The maximum absolute atomic E-state index is 12.6. The molecule has 0 saturated heterocycles. The summed E-state index contributed by atoms with van der Waals surface area (Å²) < 4.78 is 18.0. The second kappa shape index (κ2) is 4.85. The number of nitrogens with zero attached hydrogens (tertiary/aromatic N) is 1. The fraction of sp³-hybridized carbons (Fsp3) is 0.0909. The molecule has 0 aliphatic rings. The molecule has 5 heteroatoms. The van der Waals surface area contributed by atoms with Gasteiger partial charge in [-0.1, -0.05) is 0 Å². The van der Waals surface area contributed by atoms with E-state index in [4.69, 9.17) is 4.74 Å². The van der Waals surface area contributed by atoms with E-state index in [0.717, 1.165) is 6.29 Å². The zero-order chi connectivity index (χ0) is 11.4. The largest absolute Gasteiger partial charge is 0.486 e. The quantitative estimate of drug-likeness (QED) is 0.767. The zero-order valence-corrected chi connectivity index (χ0v) is 9.04. The third kappa shape index (κ3) is 2.64. The monoisotopic (exact) mass is 237 g/mol. The molecule has 16 heavy (non-hydrogen) atoms. The fourth-order valence-corrected chi connectivity index (χ4v) is 1.77. The van der Waals surface area contributed by atoms with Crippen LogP contribution in [0.4, 0.5) is 4.39 Å². The maximum atomic E-state index is 12.6. The highest BCUT2D eigenvalue weighted by Gasteiger charge is 2.02. The molecule has 1 aromatic heterocycles. The van der Waals surface area contributed by atoms with Crippen molar-refractivity contribution < 1.29 is 13.9 Å². The summed E-state index contributed by atoms with van der Waals surface area (Å²) in [6.45, 7) is 0.282. The molecule has 0 bridgehead atoms. The molecule has 0 aliphatic carbocycles. The van der Waals surface area contributed by atoms with Crippen LogP contribution < -0.4 is 4.74 Å². The predicted octanol–water partition coefficient (Wildman–Crippen LogP) is 2.67. The third-order valence-electron chi connectivity index (χ3n) is 1.86. The summed E-state index contributed by atoms with van der Waals surface area (Å²) in [6.07, 6.45) is 2.25. The number of hydrogen-bond acceptors (Lipinski definition) is 4. The van der Waals surface area contributed by atoms with Crippen molar-refractivity contribution in [3.8, 4) is 5.75 Å². The first-order chi connectivity index (χ1) is 7.78. The molecule has 3 nitrogen and oxygen atoms in total. The Morgan fingerprint density at radius 3 is 2.75 bits per heavy atom.